The molecule has 5 rings (SSSR count). The van der Waals surface area contributed by atoms with E-state index in [0.717, 1.165) is 27.4 Å². The highest BCUT2D eigenvalue weighted by Crippen LogP contribution is 2.40. The number of thiazole rings is 1. The van der Waals surface area contributed by atoms with Crippen LogP contribution in [0.15, 0.2) is 56.7 Å². The number of hydrazone groups is 1. The Hall–Kier alpha value is -3.26. The van der Waals surface area contributed by atoms with Gasteiger partial charge in [0.2, 0.25) is 11.9 Å². The van der Waals surface area contributed by atoms with Gasteiger partial charge in [-0.3, -0.25) is 5.43 Å². The van der Waals surface area contributed by atoms with E-state index >= 15 is 0 Å². The Morgan fingerprint density at radius 2 is 2.12 bits per heavy atom. The molecule has 8 heteroatoms. The first kappa shape index (κ1) is 14.1. The van der Waals surface area contributed by atoms with Crippen LogP contribution in [-0.2, 0) is 0 Å². The van der Waals surface area contributed by atoms with Gasteiger partial charge in [-0.15, -0.1) is 0 Å². The molecule has 0 spiro atoms. The van der Waals surface area contributed by atoms with Crippen LogP contribution < -0.4 is 14.9 Å². The zero-order valence-electron chi connectivity index (χ0n) is 12.8. The van der Waals surface area contributed by atoms with Gasteiger partial charge in [-0.2, -0.15) is 5.10 Å². The number of rotatable bonds is 4. The molecule has 4 aromatic rings. The van der Waals surface area contributed by atoms with Gasteiger partial charge >= 0.3 is 0 Å². The Morgan fingerprint density at radius 3 is 3.00 bits per heavy atom. The van der Waals surface area contributed by atoms with Crippen molar-refractivity contribution in [3.63, 3.8) is 0 Å². The lowest BCUT2D eigenvalue weighted by atomic mass is 10.2. The van der Waals surface area contributed by atoms with Crippen LogP contribution in [0, 0.1) is 0 Å². The van der Waals surface area contributed by atoms with Crippen LogP contribution in [0.4, 0.5) is 5.13 Å². The molecule has 0 atom stereocenters. The van der Waals surface area contributed by atoms with E-state index in [1.165, 1.54) is 11.3 Å². The zero-order valence-corrected chi connectivity index (χ0v) is 13.6. The molecule has 0 radical (unpaired) electrons. The topological polar surface area (TPSA) is 82.0 Å². The normalized spacial score (nSPS) is 13.1. The molecule has 0 bridgehead atoms. The lowest BCUT2D eigenvalue weighted by Crippen LogP contribution is -1.92. The molecule has 0 amide bonds. The van der Waals surface area contributed by atoms with Crippen LogP contribution in [0.1, 0.15) is 5.76 Å². The van der Waals surface area contributed by atoms with Gasteiger partial charge in [0.1, 0.15) is 17.1 Å². The first-order valence-corrected chi connectivity index (χ1v) is 8.29. The van der Waals surface area contributed by atoms with Gasteiger partial charge in [-0.1, -0.05) is 11.3 Å². The first-order valence-electron chi connectivity index (χ1n) is 7.47. The van der Waals surface area contributed by atoms with Crippen LogP contribution in [0.3, 0.4) is 0 Å². The summed E-state index contributed by atoms with van der Waals surface area (Å²) in [6, 6.07) is 9.34. The van der Waals surface area contributed by atoms with Gasteiger partial charge in [0.25, 0.3) is 0 Å². The fourth-order valence-electron chi connectivity index (χ4n) is 2.51. The van der Waals surface area contributed by atoms with Crippen molar-refractivity contribution in [2.24, 2.45) is 5.10 Å². The van der Waals surface area contributed by atoms with E-state index < -0.39 is 0 Å². The molecular weight excluding hydrogens is 342 g/mol. The largest absolute Gasteiger partial charge is 0.463 e. The van der Waals surface area contributed by atoms with Crippen molar-refractivity contribution in [1.82, 2.24) is 4.98 Å². The Labute approximate surface area is 145 Å². The minimum Gasteiger partial charge on any atom is -0.463 e. The summed E-state index contributed by atoms with van der Waals surface area (Å²) in [5, 5.41) is 5.71. The molecule has 1 aliphatic rings. The molecule has 0 fully saturated rings. The Balaban J connectivity index is 1.38. The molecule has 7 nitrogen and oxygen atoms in total. The lowest BCUT2D eigenvalue weighted by molar-refractivity contribution is 0.174. The molecule has 1 aliphatic heterocycles. The number of fused-ring (bicyclic) bond motifs is 2. The van der Waals surface area contributed by atoms with Gasteiger partial charge < -0.3 is 18.3 Å². The SMILES string of the molecule is C(=NNc1ncc(-c2cc3cc4c(cc3o2)OCO4)s1)c1ccco1. The number of nitrogens with one attached hydrogen (secondary N) is 1. The maximum Gasteiger partial charge on any atom is 0.231 e. The predicted molar refractivity (Wildman–Crippen MR) is 93.4 cm³/mol. The van der Waals surface area contributed by atoms with Gasteiger partial charge in [0.05, 0.1) is 23.6 Å². The average molecular weight is 353 g/mol. The highest BCUT2D eigenvalue weighted by atomic mass is 32.1. The first-order chi connectivity index (χ1) is 12.3. The number of hydrogen-bond donors (Lipinski definition) is 1. The zero-order chi connectivity index (χ0) is 16.6. The van der Waals surface area contributed by atoms with Crippen LogP contribution in [0.25, 0.3) is 21.6 Å². The van der Waals surface area contributed by atoms with Crippen molar-refractivity contribution in [1.29, 1.82) is 0 Å². The van der Waals surface area contributed by atoms with Crippen molar-refractivity contribution in [2.45, 2.75) is 0 Å². The fourth-order valence-corrected chi connectivity index (χ4v) is 3.23. The lowest BCUT2D eigenvalue weighted by Gasteiger charge is -1.93. The summed E-state index contributed by atoms with van der Waals surface area (Å²) in [5.74, 6) is 2.84. The summed E-state index contributed by atoms with van der Waals surface area (Å²) in [6.45, 7) is 0.247. The van der Waals surface area contributed by atoms with Crippen LogP contribution >= 0.6 is 11.3 Å². The molecule has 124 valence electrons. The number of ether oxygens (including phenoxy) is 2. The summed E-state index contributed by atoms with van der Waals surface area (Å²) in [7, 11) is 0. The van der Waals surface area contributed by atoms with Crippen molar-refractivity contribution < 1.29 is 18.3 Å². The van der Waals surface area contributed by atoms with E-state index in [9.17, 15) is 0 Å². The molecule has 1 aromatic carbocycles. The van der Waals surface area contributed by atoms with Gasteiger partial charge in [-0.25, -0.2) is 4.98 Å². The fraction of sp³-hybridized carbons (Fsp3) is 0.0588. The Kier molecular flexibility index (Phi) is 3.20. The van der Waals surface area contributed by atoms with E-state index in [2.05, 4.69) is 15.5 Å². The van der Waals surface area contributed by atoms with Gasteiger partial charge in [-0.05, 0) is 24.3 Å². The molecule has 0 unspecified atom stereocenters. The molecular formula is C17H11N3O4S. The summed E-state index contributed by atoms with van der Waals surface area (Å²) in [6.07, 6.45) is 4.92. The third-order valence-corrected chi connectivity index (χ3v) is 4.57. The quantitative estimate of drug-likeness (QED) is 0.434. The summed E-state index contributed by atoms with van der Waals surface area (Å²) < 4.78 is 21.8. The highest BCUT2D eigenvalue weighted by molar-refractivity contribution is 7.18. The third kappa shape index (κ3) is 2.62. The Bertz CT molecular complexity index is 1020. The van der Waals surface area contributed by atoms with Gasteiger partial charge in [0, 0.05) is 11.5 Å². The third-order valence-electron chi connectivity index (χ3n) is 3.66. The predicted octanol–water partition coefficient (Wildman–Crippen LogP) is 4.32. The maximum atomic E-state index is 5.91. The molecule has 3 aromatic heterocycles. The monoisotopic (exact) mass is 353 g/mol. The number of aromatic nitrogens is 1. The average Bonchev–Trinajstić information content (AvgIpc) is 3.38. The van der Waals surface area contributed by atoms with Crippen molar-refractivity contribution in [3.8, 4) is 22.1 Å². The minimum absolute atomic E-state index is 0.247. The summed E-state index contributed by atoms with van der Waals surface area (Å²) >= 11 is 1.44. The number of anilines is 1. The summed E-state index contributed by atoms with van der Waals surface area (Å²) in [5.41, 5.74) is 3.63. The van der Waals surface area contributed by atoms with E-state index in [4.69, 9.17) is 18.3 Å². The van der Waals surface area contributed by atoms with E-state index in [-0.39, 0.29) is 6.79 Å². The van der Waals surface area contributed by atoms with Crippen LogP contribution in [0.2, 0.25) is 0 Å². The second-order valence-electron chi connectivity index (χ2n) is 5.27. The maximum absolute atomic E-state index is 5.91. The molecule has 25 heavy (non-hydrogen) atoms. The second-order valence-corrected chi connectivity index (χ2v) is 6.30. The minimum atomic E-state index is 0.247. The standard InChI is InChI=1S/C17H11N3O4S/c1-2-11(21-3-1)7-19-20-17-18-8-16(25-17)15-5-10-4-13-14(23-9-22-13)6-12(10)24-15/h1-8H,9H2,(H,18,20). The molecule has 0 saturated heterocycles. The van der Waals surface area contributed by atoms with Crippen molar-refractivity contribution in [3.05, 3.63) is 48.6 Å². The van der Waals surface area contributed by atoms with E-state index in [1.54, 1.807) is 24.7 Å². The van der Waals surface area contributed by atoms with Crippen molar-refractivity contribution >= 4 is 33.7 Å². The Morgan fingerprint density at radius 1 is 1.20 bits per heavy atom. The molecule has 4 heterocycles. The van der Waals surface area contributed by atoms with Crippen LogP contribution in [0.5, 0.6) is 11.5 Å². The molecule has 1 N–H and O–H groups in total. The highest BCUT2D eigenvalue weighted by Gasteiger charge is 2.17. The smallest absolute Gasteiger partial charge is 0.231 e. The molecule has 0 aliphatic carbocycles. The van der Waals surface area contributed by atoms with Crippen LogP contribution in [-0.4, -0.2) is 18.0 Å². The molecule has 0 saturated carbocycles. The van der Waals surface area contributed by atoms with E-state index in [0.29, 0.717) is 16.6 Å². The van der Waals surface area contributed by atoms with Gasteiger partial charge in [0.15, 0.2) is 11.5 Å². The van der Waals surface area contributed by atoms with Crippen molar-refractivity contribution in [2.75, 3.05) is 12.2 Å². The summed E-state index contributed by atoms with van der Waals surface area (Å²) in [4.78, 5) is 5.19. The van der Waals surface area contributed by atoms with E-state index in [1.807, 2.05) is 24.3 Å². The number of furan rings is 2. The number of hydrogen-bond acceptors (Lipinski definition) is 8. The number of nitrogens with zero attached hydrogens (tertiary/aromatic N) is 2. The second kappa shape index (κ2) is 5.67. The number of benzene rings is 1.